The highest BCUT2D eigenvalue weighted by Gasteiger charge is 2.36. The molecule has 2 heterocycles. The van der Waals surface area contributed by atoms with Crippen molar-refractivity contribution in [2.75, 3.05) is 13.1 Å². The first-order valence-corrected chi connectivity index (χ1v) is 7.41. The first-order valence-electron chi connectivity index (χ1n) is 7.41. The van der Waals surface area contributed by atoms with Crippen LogP contribution in [0.4, 0.5) is 0 Å². The van der Waals surface area contributed by atoms with Gasteiger partial charge >= 0.3 is 0 Å². The zero-order valence-electron chi connectivity index (χ0n) is 11.5. The molecule has 0 radical (unpaired) electrons. The molecule has 4 heteroatoms. The quantitative estimate of drug-likeness (QED) is 0.885. The molecule has 2 fully saturated rings. The molecule has 1 amide bonds. The molecular weight excluding hydrogens is 240 g/mol. The molecule has 1 aliphatic heterocycles. The third-order valence-corrected chi connectivity index (χ3v) is 4.05. The molecular formula is C15H22N2O2. The minimum absolute atomic E-state index is 0.0656. The molecule has 1 saturated heterocycles. The fourth-order valence-corrected chi connectivity index (χ4v) is 2.76. The van der Waals surface area contributed by atoms with Crippen LogP contribution >= 0.6 is 0 Å². The number of rotatable bonds is 5. The maximum Gasteiger partial charge on any atom is 0.289 e. The standard InChI is InChI=1S/C15H22N2O2/c1-2-13-7-8-14(19-13)15(18)17(12-5-6-12)10-11-4-3-9-16-11/h7-8,11-12,16H,2-6,9-10H2,1H3/t11-/m0/s1. The molecule has 0 bridgehead atoms. The maximum atomic E-state index is 12.5. The van der Waals surface area contributed by atoms with Gasteiger partial charge in [0.2, 0.25) is 0 Å². The van der Waals surface area contributed by atoms with Gasteiger partial charge in [0, 0.05) is 25.0 Å². The van der Waals surface area contributed by atoms with Crippen LogP contribution in [0.2, 0.25) is 0 Å². The van der Waals surface area contributed by atoms with Crippen molar-refractivity contribution in [1.82, 2.24) is 10.2 Å². The Hall–Kier alpha value is -1.29. The molecule has 0 unspecified atom stereocenters. The van der Waals surface area contributed by atoms with Crippen molar-refractivity contribution in [2.45, 2.75) is 51.1 Å². The van der Waals surface area contributed by atoms with Crippen molar-refractivity contribution in [2.24, 2.45) is 0 Å². The predicted octanol–water partition coefficient (Wildman–Crippen LogP) is 2.20. The van der Waals surface area contributed by atoms with E-state index in [4.69, 9.17) is 4.42 Å². The number of aryl methyl sites for hydroxylation is 1. The summed E-state index contributed by atoms with van der Waals surface area (Å²) in [7, 11) is 0. The summed E-state index contributed by atoms with van der Waals surface area (Å²) in [6, 6.07) is 4.63. The predicted molar refractivity (Wildman–Crippen MR) is 73.2 cm³/mol. The monoisotopic (exact) mass is 262 g/mol. The fourth-order valence-electron chi connectivity index (χ4n) is 2.76. The summed E-state index contributed by atoms with van der Waals surface area (Å²) in [5, 5.41) is 3.47. The third-order valence-electron chi connectivity index (χ3n) is 4.05. The van der Waals surface area contributed by atoms with E-state index in [0.29, 0.717) is 17.8 Å². The lowest BCUT2D eigenvalue weighted by Gasteiger charge is -2.25. The van der Waals surface area contributed by atoms with Crippen LogP contribution in [0, 0.1) is 0 Å². The second-order valence-corrected chi connectivity index (χ2v) is 5.60. The van der Waals surface area contributed by atoms with Gasteiger partial charge in [-0.1, -0.05) is 6.92 Å². The third kappa shape index (κ3) is 2.84. The van der Waals surface area contributed by atoms with Crippen LogP contribution in [0.15, 0.2) is 16.5 Å². The Bertz CT molecular complexity index is 445. The fraction of sp³-hybridized carbons (Fsp3) is 0.667. The van der Waals surface area contributed by atoms with E-state index >= 15 is 0 Å². The second-order valence-electron chi connectivity index (χ2n) is 5.60. The Morgan fingerprint density at radius 3 is 2.84 bits per heavy atom. The highest BCUT2D eigenvalue weighted by atomic mass is 16.4. The smallest absolute Gasteiger partial charge is 0.289 e. The number of carbonyl (C=O) groups is 1. The van der Waals surface area contributed by atoms with E-state index in [9.17, 15) is 4.79 Å². The van der Waals surface area contributed by atoms with Crippen molar-refractivity contribution in [3.8, 4) is 0 Å². The maximum absolute atomic E-state index is 12.5. The van der Waals surface area contributed by atoms with Gasteiger partial charge in [0.1, 0.15) is 5.76 Å². The number of furan rings is 1. The average Bonchev–Trinajstić information content (AvgIpc) is 2.95. The molecule has 1 aromatic rings. The Morgan fingerprint density at radius 2 is 2.26 bits per heavy atom. The molecule has 4 nitrogen and oxygen atoms in total. The van der Waals surface area contributed by atoms with Gasteiger partial charge in [0.25, 0.3) is 5.91 Å². The molecule has 1 aromatic heterocycles. The number of nitrogens with zero attached hydrogens (tertiary/aromatic N) is 1. The second kappa shape index (κ2) is 5.37. The van der Waals surface area contributed by atoms with Crippen LogP contribution in [0.5, 0.6) is 0 Å². The zero-order valence-corrected chi connectivity index (χ0v) is 11.5. The van der Waals surface area contributed by atoms with E-state index in [0.717, 1.165) is 38.1 Å². The highest BCUT2D eigenvalue weighted by molar-refractivity contribution is 5.92. The van der Waals surface area contributed by atoms with Gasteiger partial charge in [-0.15, -0.1) is 0 Å². The lowest BCUT2D eigenvalue weighted by atomic mass is 10.2. The SMILES string of the molecule is CCc1ccc(C(=O)N(C[C@@H]2CCCN2)C2CC2)o1. The van der Waals surface area contributed by atoms with Crippen LogP contribution < -0.4 is 5.32 Å². The lowest BCUT2D eigenvalue weighted by molar-refractivity contribution is 0.0694. The zero-order chi connectivity index (χ0) is 13.2. The molecule has 1 saturated carbocycles. The molecule has 2 aliphatic rings. The molecule has 1 atom stereocenters. The summed E-state index contributed by atoms with van der Waals surface area (Å²) >= 11 is 0. The van der Waals surface area contributed by atoms with Gasteiger partial charge in [0.05, 0.1) is 0 Å². The number of nitrogens with one attached hydrogen (secondary N) is 1. The Balaban J connectivity index is 1.69. The summed E-state index contributed by atoms with van der Waals surface area (Å²) in [5.74, 6) is 1.45. The molecule has 0 aromatic carbocycles. The van der Waals surface area contributed by atoms with Crippen LogP contribution in [0.25, 0.3) is 0 Å². The largest absolute Gasteiger partial charge is 0.456 e. The Labute approximate surface area is 114 Å². The molecule has 104 valence electrons. The molecule has 19 heavy (non-hydrogen) atoms. The summed E-state index contributed by atoms with van der Waals surface area (Å²) < 4.78 is 5.61. The van der Waals surface area contributed by atoms with Gasteiger partial charge in [-0.05, 0) is 44.4 Å². The van der Waals surface area contributed by atoms with E-state index in [1.54, 1.807) is 0 Å². The molecule has 0 spiro atoms. The minimum Gasteiger partial charge on any atom is -0.456 e. The van der Waals surface area contributed by atoms with E-state index in [2.05, 4.69) is 5.32 Å². The number of amides is 1. The van der Waals surface area contributed by atoms with Gasteiger partial charge in [-0.2, -0.15) is 0 Å². The van der Waals surface area contributed by atoms with Crippen LogP contribution in [0.1, 0.15) is 48.9 Å². The summed E-state index contributed by atoms with van der Waals surface area (Å²) in [6.45, 7) is 3.94. The number of hydrogen-bond acceptors (Lipinski definition) is 3. The Kier molecular flexibility index (Phi) is 3.60. The van der Waals surface area contributed by atoms with Gasteiger partial charge in [0.15, 0.2) is 5.76 Å². The van der Waals surface area contributed by atoms with Crippen molar-refractivity contribution in [3.63, 3.8) is 0 Å². The molecule has 1 N–H and O–H groups in total. The first-order chi connectivity index (χ1) is 9.28. The minimum atomic E-state index is 0.0656. The van der Waals surface area contributed by atoms with Crippen molar-refractivity contribution in [1.29, 1.82) is 0 Å². The normalized spacial score (nSPS) is 22.7. The lowest BCUT2D eigenvalue weighted by Crippen LogP contribution is -2.42. The van der Waals surface area contributed by atoms with E-state index < -0.39 is 0 Å². The van der Waals surface area contributed by atoms with Gasteiger partial charge < -0.3 is 14.6 Å². The van der Waals surface area contributed by atoms with Crippen molar-refractivity contribution >= 4 is 5.91 Å². The number of hydrogen-bond donors (Lipinski definition) is 1. The average molecular weight is 262 g/mol. The topological polar surface area (TPSA) is 45.5 Å². The van der Waals surface area contributed by atoms with E-state index in [1.165, 1.54) is 12.8 Å². The van der Waals surface area contributed by atoms with Gasteiger partial charge in [-0.25, -0.2) is 0 Å². The molecule has 1 aliphatic carbocycles. The first kappa shape index (κ1) is 12.7. The number of carbonyl (C=O) groups excluding carboxylic acids is 1. The van der Waals surface area contributed by atoms with Crippen molar-refractivity contribution < 1.29 is 9.21 Å². The summed E-state index contributed by atoms with van der Waals surface area (Å²) in [6.07, 6.45) is 5.51. The van der Waals surface area contributed by atoms with Crippen molar-refractivity contribution in [3.05, 3.63) is 23.7 Å². The van der Waals surface area contributed by atoms with Crippen LogP contribution in [0.3, 0.4) is 0 Å². The molecule has 3 rings (SSSR count). The van der Waals surface area contributed by atoms with Crippen LogP contribution in [-0.4, -0.2) is 36.0 Å². The van der Waals surface area contributed by atoms with E-state index in [1.807, 2.05) is 24.0 Å². The van der Waals surface area contributed by atoms with Gasteiger partial charge in [-0.3, -0.25) is 4.79 Å². The van der Waals surface area contributed by atoms with Crippen LogP contribution in [-0.2, 0) is 6.42 Å². The highest BCUT2D eigenvalue weighted by Crippen LogP contribution is 2.29. The van der Waals surface area contributed by atoms with E-state index in [-0.39, 0.29) is 5.91 Å². The summed E-state index contributed by atoms with van der Waals surface area (Å²) in [4.78, 5) is 14.6. The Morgan fingerprint density at radius 1 is 1.42 bits per heavy atom. The summed E-state index contributed by atoms with van der Waals surface area (Å²) in [5.41, 5.74) is 0.